The van der Waals surface area contributed by atoms with Gasteiger partial charge in [0.1, 0.15) is 11.9 Å². The molecule has 0 saturated heterocycles. The van der Waals surface area contributed by atoms with Gasteiger partial charge in [-0.1, -0.05) is 44.2 Å². The van der Waals surface area contributed by atoms with E-state index in [1.165, 1.54) is 6.07 Å². The predicted molar refractivity (Wildman–Crippen MR) is 104 cm³/mol. The molecule has 2 nitrogen and oxygen atoms in total. The Bertz CT molecular complexity index is 872. The number of nitrogens with zero attached hydrogens (tertiary/aromatic N) is 1. The molecule has 3 aromatic rings. The van der Waals surface area contributed by atoms with Crippen LogP contribution in [0.4, 0.5) is 13.2 Å². The second kappa shape index (κ2) is 8.46. The SMILES string of the molecule is CC(C)CC(Oc1ccc(-c2ccc(C(F)(F)F)cn2)cc1)c1ccccc1. The van der Waals surface area contributed by atoms with Gasteiger partial charge >= 0.3 is 6.18 Å². The zero-order valence-corrected chi connectivity index (χ0v) is 15.8. The van der Waals surface area contributed by atoms with Crippen molar-refractivity contribution in [2.24, 2.45) is 5.92 Å². The van der Waals surface area contributed by atoms with E-state index in [4.69, 9.17) is 4.74 Å². The highest BCUT2D eigenvalue weighted by Gasteiger charge is 2.30. The van der Waals surface area contributed by atoms with E-state index in [9.17, 15) is 13.2 Å². The van der Waals surface area contributed by atoms with E-state index in [1.807, 2.05) is 54.6 Å². The van der Waals surface area contributed by atoms with Crippen molar-refractivity contribution >= 4 is 0 Å². The van der Waals surface area contributed by atoms with Crippen LogP contribution < -0.4 is 4.74 Å². The number of rotatable bonds is 6. The lowest BCUT2D eigenvalue weighted by molar-refractivity contribution is -0.137. The molecule has 1 heterocycles. The zero-order chi connectivity index (χ0) is 20.1. The number of aromatic nitrogens is 1. The minimum atomic E-state index is -4.38. The monoisotopic (exact) mass is 385 g/mol. The average molecular weight is 385 g/mol. The molecular formula is C23H22F3NO. The minimum Gasteiger partial charge on any atom is -0.486 e. The van der Waals surface area contributed by atoms with Crippen molar-refractivity contribution in [3.63, 3.8) is 0 Å². The normalized spacial score (nSPS) is 12.8. The van der Waals surface area contributed by atoms with E-state index >= 15 is 0 Å². The molecule has 0 aliphatic heterocycles. The van der Waals surface area contributed by atoms with E-state index in [0.717, 1.165) is 29.8 Å². The molecule has 0 saturated carbocycles. The summed E-state index contributed by atoms with van der Waals surface area (Å²) in [4.78, 5) is 3.93. The molecule has 0 fully saturated rings. The van der Waals surface area contributed by atoms with Crippen LogP contribution in [0.15, 0.2) is 72.9 Å². The second-order valence-electron chi connectivity index (χ2n) is 7.10. The molecule has 1 aromatic heterocycles. The Balaban J connectivity index is 1.76. The fourth-order valence-electron chi connectivity index (χ4n) is 2.95. The molecule has 3 rings (SSSR count). The van der Waals surface area contributed by atoms with Crippen molar-refractivity contribution in [1.82, 2.24) is 4.98 Å². The highest BCUT2D eigenvalue weighted by molar-refractivity contribution is 5.60. The lowest BCUT2D eigenvalue weighted by Crippen LogP contribution is -2.10. The fourth-order valence-corrected chi connectivity index (χ4v) is 2.95. The Kier molecular flexibility index (Phi) is 6.02. The van der Waals surface area contributed by atoms with Crippen LogP contribution in [-0.4, -0.2) is 4.98 Å². The first-order valence-corrected chi connectivity index (χ1v) is 9.18. The van der Waals surface area contributed by atoms with Crippen LogP contribution in [0.1, 0.15) is 37.5 Å². The largest absolute Gasteiger partial charge is 0.486 e. The topological polar surface area (TPSA) is 22.1 Å². The molecular weight excluding hydrogens is 363 g/mol. The first kappa shape index (κ1) is 19.9. The van der Waals surface area contributed by atoms with Gasteiger partial charge in [-0.15, -0.1) is 0 Å². The molecule has 5 heteroatoms. The second-order valence-corrected chi connectivity index (χ2v) is 7.10. The quantitative estimate of drug-likeness (QED) is 0.459. The van der Waals surface area contributed by atoms with Crippen LogP contribution >= 0.6 is 0 Å². The van der Waals surface area contributed by atoms with Gasteiger partial charge in [-0.3, -0.25) is 4.98 Å². The number of halogens is 3. The maximum absolute atomic E-state index is 12.7. The maximum atomic E-state index is 12.7. The minimum absolute atomic E-state index is 0.0590. The summed E-state index contributed by atoms with van der Waals surface area (Å²) in [6, 6.07) is 19.7. The molecule has 28 heavy (non-hydrogen) atoms. The van der Waals surface area contributed by atoms with Crippen molar-refractivity contribution < 1.29 is 17.9 Å². The number of pyridine rings is 1. The summed E-state index contributed by atoms with van der Waals surface area (Å²) in [6.07, 6.45) is -2.71. The van der Waals surface area contributed by atoms with Gasteiger partial charge in [-0.2, -0.15) is 13.2 Å². The van der Waals surface area contributed by atoms with Crippen molar-refractivity contribution in [2.75, 3.05) is 0 Å². The molecule has 0 N–H and O–H groups in total. The third-order valence-electron chi connectivity index (χ3n) is 4.38. The lowest BCUT2D eigenvalue weighted by Gasteiger charge is -2.21. The molecule has 1 atom stereocenters. The molecule has 0 amide bonds. The van der Waals surface area contributed by atoms with E-state index in [1.54, 1.807) is 0 Å². The average Bonchev–Trinajstić information content (AvgIpc) is 2.68. The summed E-state index contributed by atoms with van der Waals surface area (Å²) in [5, 5.41) is 0. The van der Waals surface area contributed by atoms with E-state index in [0.29, 0.717) is 17.4 Å². The van der Waals surface area contributed by atoms with E-state index < -0.39 is 11.7 Å². The van der Waals surface area contributed by atoms with Crippen LogP contribution in [0.5, 0.6) is 5.75 Å². The number of hydrogen-bond donors (Lipinski definition) is 0. The molecule has 0 bridgehead atoms. The Labute approximate surface area is 163 Å². The van der Waals surface area contributed by atoms with Crippen molar-refractivity contribution in [3.8, 4) is 17.0 Å². The van der Waals surface area contributed by atoms with Crippen LogP contribution in [0.2, 0.25) is 0 Å². The molecule has 0 spiro atoms. The summed E-state index contributed by atoms with van der Waals surface area (Å²) < 4.78 is 44.2. The molecule has 146 valence electrons. The fraction of sp³-hybridized carbons (Fsp3) is 0.261. The summed E-state index contributed by atoms with van der Waals surface area (Å²) in [5.41, 5.74) is 1.59. The molecule has 0 aliphatic rings. The third-order valence-corrected chi connectivity index (χ3v) is 4.38. The lowest BCUT2D eigenvalue weighted by atomic mass is 9.99. The van der Waals surface area contributed by atoms with Crippen LogP contribution in [-0.2, 0) is 6.18 Å². The highest BCUT2D eigenvalue weighted by atomic mass is 19.4. The number of benzene rings is 2. The van der Waals surface area contributed by atoms with Crippen LogP contribution in [0.25, 0.3) is 11.3 Å². The Hall–Kier alpha value is -2.82. The van der Waals surface area contributed by atoms with E-state index in [2.05, 4.69) is 18.8 Å². The zero-order valence-electron chi connectivity index (χ0n) is 15.8. The van der Waals surface area contributed by atoms with Gasteiger partial charge in [-0.05, 0) is 54.3 Å². The maximum Gasteiger partial charge on any atom is 0.417 e. The van der Waals surface area contributed by atoms with Crippen LogP contribution in [0.3, 0.4) is 0 Å². The molecule has 0 radical (unpaired) electrons. The standard InChI is InChI=1S/C23H22F3NO/c1-16(2)14-22(18-6-4-3-5-7-18)28-20-11-8-17(9-12-20)21-13-10-19(15-27-21)23(24,25)26/h3-13,15-16,22H,14H2,1-2H3. The highest BCUT2D eigenvalue weighted by Crippen LogP contribution is 2.31. The molecule has 1 unspecified atom stereocenters. The molecule has 2 aromatic carbocycles. The number of ether oxygens (including phenoxy) is 1. The number of hydrogen-bond acceptors (Lipinski definition) is 2. The van der Waals surface area contributed by atoms with Crippen molar-refractivity contribution in [3.05, 3.63) is 84.1 Å². The van der Waals surface area contributed by atoms with E-state index in [-0.39, 0.29) is 6.10 Å². The first-order valence-electron chi connectivity index (χ1n) is 9.18. The Morgan fingerprint density at radius 1 is 0.893 bits per heavy atom. The van der Waals surface area contributed by atoms with Crippen LogP contribution in [0, 0.1) is 5.92 Å². The van der Waals surface area contributed by atoms with Crippen molar-refractivity contribution in [1.29, 1.82) is 0 Å². The van der Waals surface area contributed by atoms with Gasteiger partial charge in [-0.25, -0.2) is 0 Å². The Morgan fingerprint density at radius 3 is 2.11 bits per heavy atom. The first-order chi connectivity index (χ1) is 13.3. The van der Waals surface area contributed by atoms with Gasteiger partial charge in [0, 0.05) is 11.8 Å². The Morgan fingerprint density at radius 2 is 1.57 bits per heavy atom. The van der Waals surface area contributed by atoms with Gasteiger partial charge in [0.25, 0.3) is 0 Å². The summed E-state index contributed by atoms with van der Waals surface area (Å²) in [6.45, 7) is 4.30. The van der Waals surface area contributed by atoms with Crippen molar-refractivity contribution in [2.45, 2.75) is 32.5 Å². The summed E-state index contributed by atoms with van der Waals surface area (Å²) in [7, 11) is 0. The van der Waals surface area contributed by atoms with Gasteiger partial charge in [0.05, 0.1) is 11.3 Å². The summed E-state index contributed by atoms with van der Waals surface area (Å²) in [5.74, 6) is 1.19. The van der Waals surface area contributed by atoms with Gasteiger partial charge in [0.15, 0.2) is 0 Å². The molecule has 0 aliphatic carbocycles. The van der Waals surface area contributed by atoms with Gasteiger partial charge in [0.2, 0.25) is 0 Å². The smallest absolute Gasteiger partial charge is 0.417 e. The number of alkyl halides is 3. The predicted octanol–water partition coefficient (Wildman–Crippen LogP) is 6.93. The third kappa shape index (κ3) is 5.12. The summed E-state index contributed by atoms with van der Waals surface area (Å²) >= 11 is 0. The van der Waals surface area contributed by atoms with Gasteiger partial charge < -0.3 is 4.74 Å².